The van der Waals surface area contributed by atoms with Gasteiger partial charge in [-0.05, 0) is 57.2 Å². The molecule has 6 heteroatoms. The summed E-state index contributed by atoms with van der Waals surface area (Å²) >= 11 is 1.47. The van der Waals surface area contributed by atoms with Gasteiger partial charge in [0.25, 0.3) is 5.91 Å². The highest BCUT2D eigenvalue weighted by atomic mass is 32.1. The number of carbonyl (C=O) groups excluding carboxylic acids is 2. The van der Waals surface area contributed by atoms with Gasteiger partial charge in [-0.25, -0.2) is 4.79 Å². The van der Waals surface area contributed by atoms with E-state index in [1.807, 2.05) is 31.2 Å². The third-order valence-electron chi connectivity index (χ3n) is 4.40. The number of rotatable bonds is 6. The number of fused-ring (bicyclic) bond motifs is 1. The van der Waals surface area contributed by atoms with Gasteiger partial charge in [0, 0.05) is 4.88 Å². The van der Waals surface area contributed by atoms with Crippen molar-refractivity contribution in [2.45, 2.75) is 46.1 Å². The molecule has 1 aromatic heterocycles. The summed E-state index contributed by atoms with van der Waals surface area (Å²) in [6, 6.07) is 7.56. The molecule has 1 atom stereocenters. The predicted molar refractivity (Wildman–Crippen MR) is 102 cm³/mol. The van der Waals surface area contributed by atoms with Crippen molar-refractivity contribution in [2.24, 2.45) is 0 Å². The molecule has 0 saturated carbocycles. The third-order valence-corrected chi connectivity index (χ3v) is 5.61. The SMILES string of the molecule is CCOC(=O)c1c(NC(=O)C(C)Oc2ccccc2C)sc2c1CCC2. The number of benzene rings is 1. The number of para-hydroxylation sites is 1. The Bertz CT molecular complexity index is 827. The molecular formula is C20H23NO4S. The molecule has 0 saturated heterocycles. The number of aryl methyl sites for hydroxylation is 2. The second kappa shape index (κ2) is 7.91. The molecule has 0 bridgehead atoms. The monoisotopic (exact) mass is 373 g/mol. The van der Waals surface area contributed by atoms with Gasteiger partial charge >= 0.3 is 5.97 Å². The van der Waals surface area contributed by atoms with E-state index in [4.69, 9.17) is 9.47 Å². The van der Waals surface area contributed by atoms with E-state index in [9.17, 15) is 9.59 Å². The van der Waals surface area contributed by atoms with Crippen LogP contribution in [0.1, 0.15) is 46.6 Å². The van der Waals surface area contributed by atoms with Crippen LogP contribution >= 0.6 is 11.3 Å². The van der Waals surface area contributed by atoms with E-state index in [0.717, 1.165) is 35.3 Å². The van der Waals surface area contributed by atoms with Gasteiger partial charge in [-0.2, -0.15) is 0 Å². The Morgan fingerprint density at radius 1 is 1.27 bits per heavy atom. The lowest BCUT2D eigenvalue weighted by Gasteiger charge is -2.16. The average molecular weight is 373 g/mol. The summed E-state index contributed by atoms with van der Waals surface area (Å²) in [6.45, 7) is 5.72. The maximum atomic E-state index is 12.6. The number of anilines is 1. The van der Waals surface area contributed by atoms with Gasteiger partial charge in [0.2, 0.25) is 0 Å². The minimum absolute atomic E-state index is 0.279. The van der Waals surface area contributed by atoms with Crippen LogP contribution in [0.3, 0.4) is 0 Å². The number of esters is 1. The summed E-state index contributed by atoms with van der Waals surface area (Å²) in [4.78, 5) is 26.1. The smallest absolute Gasteiger partial charge is 0.341 e. The molecule has 1 aliphatic carbocycles. The van der Waals surface area contributed by atoms with E-state index in [1.165, 1.54) is 11.3 Å². The number of carbonyl (C=O) groups is 2. The zero-order valence-electron chi connectivity index (χ0n) is 15.3. The predicted octanol–water partition coefficient (Wildman–Crippen LogP) is 4.13. The molecule has 1 heterocycles. The lowest BCUT2D eigenvalue weighted by atomic mass is 10.1. The van der Waals surface area contributed by atoms with Crippen LogP contribution in [0.15, 0.2) is 24.3 Å². The van der Waals surface area contributed by atoms with Crippen LogP contribution in [0, 0.1) is 6.92 Å². The van der Waals surface area contributed by atoms with Gasteiger partial charge in [0.15, 0.2) is 6.10 Å². The summed E-state index contributed by atoms with van der Waals surface area (Å²) in [5, 5.41) is 3.44. The molecule has 1 aromatic carbocycles. The first kappa shape index (κ1) is 18.5. The zero-order chi connectivity index (χ0) is 18.7. The van der Waals surface area contributed by atoms with Crippen molar-refractivity contribution in [3.63, 3.8) is 0 Å². The number of ether oxygens (including phenoxy) is 2. The molecule has 0 radical (unpaired) electrons. The second-order valence-electron chi connectivity index (χ2n) is 6.30. The molecule has 0 aliphatic heterocycles. The fraction of sp³-hybridized carbons (Fsp3) is 0.400. The number of nitrogens with one attached hydrogen (secondary N) is 1. The molecular weight excluding hydrogens is 350 g/mol. The van der Waals surface area contributed by atoms with E-state index >= 15 is 0 Å². The van der Waals surface area contributed by atoms with Gasteiger partial charge in [0.05, 0.1) is 12.2 Å². The fourth-order valence-corrected chi connectivity index (χ4v) is 4.34. The molecule has 3 rings (SSSR count). The third kappa shape index (κ3) is 3.75. The summed E-state index contributed by atoms with van der Waals surface area (Å²) in [5.74, 6) is 0.0304. The van der Waals surface area contributed by atoms with Gasteiger partial charge < -0.3 is 14.8 Å². The Morgan fingerprint density at radius 3 is 2.77 bits per heavy atom. The van der Waals surface area contributed by atoms with Crippen LogP contribution < -0.4 is 10.1 Å². The van der Waals surface area contributed by atoms with Crippen molar-refractivity contribution in [1.82, 2.24) is 0 Å². The normalized spacial score (nSPS) is 13.8. The van der Waals surface area contributed by atoms with Crippen molar-refractivity contribution >= 4 is 28.2 Å². The Morgan fingerprint density at radius 2 is 2.04 bits per heavy atom. The maximum Gasteiger partial charge on any atom is 0.341 e. The van der Waals surface area contributed by atoms with Crippen molar-refractivity contribution in [3.05, 3.63) is 45.8 Å². The average Bonchev–Trinajstić information content (AvgIpc) is 3.17. The van der Waals surface area contributed by atoms with Crippen LogP contribution in [0.2, 0.25) is 0 Å². The van der Waals surface area contributed by atoms with Crippen molar-refractivity contribution < 1.29 is 19.1 Å². The van der Waals surface area contributed by atoms with Crippen LogP contribution in [0.25, 0.3) is 0 Å². The molecule has 26 heavy (non-hydrogen) atoms. The Hall–Kier alpha value is -2.34. The van der Waals surface area contributed by atoms with Crippen LogP contribution in [-0.2, 0) is 22.4 Å². The Labute approximate surface area is 157 Å². The Kier molecular flexibility index (Phi) is 5.61. The fourth-order valence-electron chi connectivity index (χ4n) is 3.06. The van der Waals surface area contributed by atoms with Crippen molar-refractivity contribution in [2.75, 3.05) is 11.9 Å². The van der Waals surface area contributed by atoms with Gasteiger partial charge in [-0.1, -0.05) is 18.2 Å². The van der Waals surface area contributed by atoms with E-state index in [0.29, 0.717) is 22.9 Å². The first-order chi connectivity index (χ1) is 12.5. The highest BCUT2D eigenvalue weighted by Crippen LogP contribution is 2.39. The maximum absolute atomic E-state index is 12.6. The van der Waals surface area contributed by atoms with Gasteiger partial charge in [0.1, 0.15) is 10.8 Å². The number of hydrogen-bond acceptors (Lipinski definition) is 5. The summed E-state index contributed by atoms with van der Waals surface area (Å²) in [7, 11) is 0. The number of amides is 1. The highest BCUT2D eigenvalue weighted by molar-refractivity contribution is 7.17. The largest absolute Gasteiger partial charge is 0.481 e. The lowest BCUT2D eigenvalue weighted by molar-refractivity contribution is -0.122. The quantitative estimate of drug-likeness (QED) is 0.774. The van der Waals surface area contributed by atoms with E-state index in [1.54, 1.807) is 13.8 Å². The minimum Gasteiger partial charge on any atom is -0.481 e. The summed E-state index contributed by atoms with van der Waals surface area (Å²) in [6.07, 6.45) is 2.15. The number of hydrogen-bond donors (Lipinski definition) is 1. The molecule has 2 aromatic rings. The topological polar surface area (TPSA) is 64.6 Å². The molecule has 5 nitrogen and oxygen atoms in total. The van der Waals surface area contributed by atoms with Crippen molar-refractivity contribution in [1.29, 1.82) is 0 Å². The lowest BCUT2D eigenvalue weighted by Crippen LogP contribution is -2.30. The molecule has 0 spiro atoms. The van der Waals surface area contributed by atoms with E-state index < -0.39 is 6.10 Å². The van der Waals surface area contributed by atoms with Crippen molar-refractivity contribution in [3.8, 4) is 5.75 Å². The molecule has 0 fully saturated rings. The molecule has 1 aliphatic rings. The Balaban J connectivity index is 1.77. The van der Waals surface area contributed by atoms with Gasteiger partial charge in [-0.15, -0.1) is 11.3 Å². The molecule has 1 unspecified atom stereocenters. The standard InChI is InChI=1S/C20H23NO4S/c1-4-24-20(23)17-14-9-7-11-16(14)26-19(17)21-18(22)13(3)25-15-10-6-5-8-12(15)2/h5-6,8,10,13H,4,7,9,11H2,1-3H3,(H,21,22). The first-order valence-corrected chi connectivity index (χ1v) is 9.67. The van der Waals surface area contributed by atoms with E-state index in [2.05, 4.69) is 5.32 Å². The van der Waals surface area contributed by atoms with Crippen LogP contribution in [-0.4, -0.2) is 24.6 Å². The first-order valence-electron chi connectivity index (χ1n) is 8.86. The highest BCUT2D eigenvalue weighted by Gasteiger charge is 2.29. The van der Waals surface area contributed by atoms with Gasteiger partial charge in [-0.3, -0.25) is 4.79 Å². The molecule has 1 amide bonds. The summed E-state index contributed by atoms with van der Waals surface area (Å²) < 4.78 is 11.0. The van der Waals surface area contributed by atoms with Crippen LogP contribution in [0.4, 0.5) is 5.00 Å². The second-order valence-corrected chi connectivity index (χ2v) is 7.40. The minimum atomic E-state index is -0.678. The zero-order valence-corrected chi connectivity index (χ0v) is 16.1. The van der Waals surface area contributed by atoms with E-state index in [-0.39, 0.29) is 11.9 Å². The van der Waals surface area contributed by atoms with Crippen LogP contribution in [0.5, 0.6) is 5.75 Å². The number of thiophene rings is 1. The molecule has 1 N–H and O–H groups in total. The molecule has 138 valence electrons. The summed E-state index contributed by atoms with van der Waals surface area (Å²) in [5.41, 5.74) is 2.51.